The number of carbonyl (C=O) groups excluding carboxylic acids is 1. The maximum Gasteiger partial charge on any atom is 0.413 e. The van der Waals surface area contributed by atoms with E-state index in [0.717, 1.165) is 12.8 Å². The number of hydrogen-bond acceptors (Lipinski definition) is 4. The summed E-state index contributed by atoms with van der Waals surface area (Å²) in [5, 5.41) is 11.3. The lowest BCUT2D eigenvalue weighted by Gasteiger charge is -2.07. The molecule has 0 rings (SSSR count). The van der Waals surface area contributed by atoms with Crippen LogP contribution in [0.25, 0.3) is 0 Å². The monoisotopic (exact) mass is 217 g/mol. The van der Waals surface area contributed by atoms with Gasteiger partial charge in [-0.2, -0.15) is 0 Å². The Morgan fingerprint density at radius 2 is 2.27 bits per heavy atom. The number of ether oxygens (including phenoxy) is 1. The fraction of sp³-hybridized carbons (Fsp3) is 0.778. The Morgan fingerprint density at radius 3 is 2.80 bits per heavy atom. The molecule has 6 nitrogen and oxygen atoms in total. The van der Waals surface area contributed by atoms with E-state index in [1.807, 2.05) is 6.92 Å². The molecule has 0 aliphatic heterocycles. The van der Waals surface area contributed by atoms with E-state index in [0.29, 0.717) is 13.0 Å². The quantitative estimate of drug-likeness (QED) is 0.356. The van der Waals surface area contributed by atoms with Crippen molar-refractivity contribution in [3.05, 3.63) is 0 Å². The molecule has 0 aliphatic rings. The highest BCUT2D eigenvalue weighted by atomic mass is 16.5. The summed E-state index contributed by atoms with van der Waals surface area (Å²) in [6.07, 6.45) is 0.662. The average molecular weight is 217 g/mol. The van der Waals surface area contributed by atoms with Crippen LogP contribution in [0.3, 0.4) is 0 Å². The van der Waals surface area contributed by atoms with Crippen molar-refractivity contribution < 1.29 is 14.6 Å². The fourth-order valence-corrected chi connectivity index (χ4v) is 0.734. The molecule has 0 spiro atoms. The van der Waals surface area contributed by atoms with E-state index in [2.05, 4.69) is 10.3 Å². The molecule has 0 heterocycles. The first kappa shape index (κ1) is 13.7. The molecule has 0 bridgehead atoms. The van der Waals surface area contributed by atoms with Crippen molar-refractivity contribution >= 4 is 12.1 Å². The van der Waals surface area contributed by atoms with Crippen molar-refractivity contribution in [1.29, 1.82) is 0 Å². The first-order chi connectivity index (χ1) is 7.10. The molecule has 0 aromatic carbocycles. The van der Waals surface area contributed by atoms with E-state index in [9.17, 15) is 4.79 Å². The Morgan fingerprint density at radius 1 is 1.60 bits per heavy atom. The fourth-order valence-electron chi connectivity index (χ4n) is 0.734. The first-order valence-corrected chi connectivity index (χ1v) is 5.05. The highest BCUT2D eigenvalue weighted by Gasteiger charge is 2.04. The smallest absolute Gasteiger partial charge is 0.413 e. The van der Waals surface area contributed by atoms with Crippen LogP contribution in [0.1, 0.15) is 33.1 Å². The molecule has 15 heavy (non-hydrogen) atoms. The van der Waals surface area contributed by atoms with E-state index in [1.165, 1.54) is 0 Å². The number of nitrogens with zero attached hydrogens (tertiary/aromatic N) is 1. The van der Waals surface area contributed by atoms with Crippen molar-refractivity contribution in [2.75, 3.05) is 6.61 Å². The number of aliphatic hydroxyl groups is 1. The van der Waals surface area contributed by atoms with Crippen LogP contribution in [0.2, 0.25) is 0 Å². The van der Waals surface area contributed by atoms with Gasteiger partial charge in [0.05, 0.1) is 6.61 Å². The third kappa shape index (κ3) is 7.75. The minimum Gasteiger partial charge on any atom is -0.449 e. The number of alkyl carbamates (subject to hydrolysis) is 1. The number of unbranched alkanes of at least 4 members (excludes halogenated alkanes) is 1. The lowest BCUT2D eigenvalue weighted by atomic mass is 10.4. The zero-order valence-electron chi connectivity index (χ0n) is 9.19. The number of aliphatic imine (C=N–C) groups is 1. The zero-order chi connectivity index (χ0) is 11.7. The van der Waals surface area contributed by atoms with Crippen molar-refractivity contribution in [2.24, 2.45) is 10.7 Å². The van der Waals surface area contributed by atoms with Crippen LogP contribution >= 0.6 is 0 Å². The topological polar surface area (TPSA) is 96.9 Å². The SMILES string of the molecule is CCCCOC(=O)N/C(N)=N/C(O)CC. The van der Waals surface area contributed by atoms with Crippen molar-refractivity contribution in [1.82, 2.24) is 5.32 Å². The van der Waals surface area contributed by atoms with Gasteiger partial charge in [0.25, 0.3) is 0 Å². The Balaban J connectivity index is 3.80. The van der Waals surface area contributed by atoms with Crippen LogP contribution < -0.4 is 11.1 Å². The van der Waals surface area contributed by atoms with Gasteiger partial charge >= 0.3 is 6.09 Å². The summed E-state index contributed by atoms with van der Waals surface area (Å²) >= 11 is 0. The number of hydrogen-bond donors (Lipinski definition) is 3. The number of guanidine groups is 1. The molecule has 0 saturated carbocycles. The summed E-state index contributed by atoms with van der Waals surface area (Å²) in [4.78, 5) is 14.6. The van der Waals surface area contributed by atoms with Gasteiger partial charge in [-0.25, -0.2) is 9.79 Å². The van der Waals surface area contributed by atoms with Crippen LogP contribution in [-0.4, -0.2) is 30.0 Å². The molecule has 6 heteroatoms. The van der Waals surface area contributed by atoms with E-state index >= 15 is 0 Å². The molecule has 1 atom stereocenters. The highest BCUT2D eigenvalue weighted by Crippen LogP contribution is 1.91. The van der Waals surface area contributed by atoms with Crippen LogP contribution in [-0.2, 0) is 4.74 Å². The average Bonchev–Trinajstić information content (AvgIpc) is 2.17. The second-order valence-electron chi connectivity index (χ2n) is 3.02. The predicted octanol–water partition coefficient (Wildman–Crippen LogP) is 0.556. The Hall–Kier alpha value is -1.30. The zero-order valence-corrected chi connectivity index (χ0v) is 9.19. The number of amides is 1. The van der Waals surface area contributed by atoms with Gasteiger partial charge in [0.1, 0.15) is 6.23 Å². The number of aliphatic hydroxyl groups excluding tert-OH is 1. The second kappa shape index (κ2) is 8.05. The van der Waals surface area contributed by atoms with Crippen LogP contribution in [0.5, 0.6) is 0 Å². The van der Waals surface area contributed by atoms with Crippen LogP contribution in [0.15, 0.2) is 4.99 Å². The van der Waals surface area contributed by atoms with E-state index < -0.39 is 12.3 Å². The molecule has 4 N–H and O–H groups in total. The minimum absolute atomic E-state index is 0.133. The summed E-state index contributed by atoms with van der Waals surface area (Å²) in [5.41, 5.74) is 5.33. The third-order valence-corrected chi connectivity index (χ3v) is 1.61. The van der Waals surface area contributed by atoms with Gasteiger partial charge in [0.2, 0.25) is 5.96 Å². The van der Waals surface area contributed by atoms with Gasteiger partial charge < -0.3 is 15.6 Å². The highest BCUT2D eigenvalue weighted by molar-refractivity contribution is 5.92. The molecular formula is C9H19N3O3. The third-order valence-electron chi connectivity index (χ3n) is 1.61. The molecular weight excluding hydrogens is 198 g/mol. The molecule has 88 valence electrons. The Labute approximate surface area is 89.5 Å². The van der Waals surface area contributed by atoms with Crippen molar-refractivity contribution in [2.45, 2.75) is 39.3 Å². The lowest BCUT2D eigenvalue weighted by molar-refractivity contribution is 0.149. The van der Waals surface area contributed by atoms with Crippen LogP contribution in [0.4, 0.5) is 4.79 Å². The molecule has 0 aromatic heterocycles. The normalized spacial score (nSPS) is 13.4. The molecule has 0 aliphatic carbocycles. The molecule has 0 aromatic rings. The minimum atomic E-state index is -0.888. The maximum absolute atomic E-state index is 11.0. The summed E-state index contributed by atoms with van der Waals surface area (Å²) in [5.74, 6) is -0.133. The summed E-state index contributed by atoms with van der Waals surface area (Å²) in [6, 6.07) is 0. The molecule has 0 radical (unpaired) electrons. The number of nitrogens with one attached hydrogen (secondary N) is 1. The Bertz CT molecular complexity index is 219. The van der Waals surface area contributed by atoms with Gasteiger partial charge in [0, 0.05) is 0 Å². The molecule has 1 unspecified atom stereocenters. The summed E-state index contributed by atoms with van der Waals surface area (Å²) < 4.78 is 4.78. The standard InChI is InChI=1S/C9H19N3O3/c1-3-5-6-15-9(14)12-8(10)11-7(13)4-2/h7,13H,3-6H2,1-2H3,(H3,10,11,12,14). The maximum atomic E-state index is 11.0. The largest absolute Gasteiger partial charge is 0.449 e. The van der Waals surface area contributed by atoms with E-state index in [1.54, 1.807) is 6.92 Å². The Kier molecular flexibility index (Phi) is 7.35. The van der Waals surface area contributed by atoms with Crippen molar-refractivity contribution in [3.8, 4) is 0 Å². The van der Waals surface area contributed by atoms with Gasteiger partial charge in [0.15, 0.2) is 0 Å². The second-order valence-corrected chi connectivity index (χ2v) is 3.02. The van der Waals surface area contributed by atoms with Crippen molar-refractivity contribution in [3.63, 3.8) is 0 Å². The number of carbonyl (C=O) groups is 1. The van der Waals surface area contributed by atoms with Gasteiger partial charge in [-0.15, -0.1) is 0 Å². The van der Waals surface area contributed by atoms with Crippen LogP contribution in [0, 0.1) is 0 Å². The molecule has 0 saturated heterocycles. The van der Waals surface area contributed by atoms with E-state index in [-0.39, 0.29) is 5.96 Å². The predicted molar refractivity (Wildman–Crippen MR) is 57.3 cm³/mol. The summed E-state index contributed by atoms with van der Waals surface area (Å²) in [6.45, 7) is 4.10. The van der Waals surface area contributed by atoms with Gasteiger partial charge in [-0.05, 0) is 12.8 Å². The van der Waals surface area contributed by atoms with Gasteiger partial charge in [-0.3, -0.25) is 5.32 Å². The molecule has 1 amide bonds. The number of rotatable bonds is 5. The lowest BCUT2D eigenvalue weighted by Crippen LogP contribution is -2.38. The molecule has 0 fully saturated rings. The first-order valence-electron chi connectivity index (χ1n) is 5.05. The van der Waals surface area contributed by atoms with E-state index in [4.69, 9.17) is 15.6 Å². The summed E-state index contributed by atoms with van der Waals surface area (Å²) in [7, 11) is 0. The van der Waals surface area contributed by atoms with Gasteiger partial charge in [-0.1, -0.05) is 20.3 Å². The number of nitrogens with two attached hydrogens (primary N) is 1.